The largest absolute Gasteiger partial charge is 0.475 e. The van der Waals surface area contributed by atoms with Crippen LogP contribution in [0.1, 0.15) is 10.4 Å². The van der Waals surface area contributed by atoms with E-state index in [2.05, 4.69) is 20.6 Å². The molecule has 0 saturated carbocycles. The van der Waals surface area contributed by atoms with Crippen molar-refractivity contribution in [1.82, 2.24) is 29.7 Å². The Bertz CT molecular complexity index is 1280. The number of aryl methyl sites for hydroxylation is 1. The third-order valence-corrected chi connectivity index (χ3v) is 4.33. The Morgan fingerprint density at radius 2 is 2.03 bits per heavy atom. The van der Waals surface area contributed by atoms with E-state index >= 15 is 0 Å². The van der Waals surface area contributed by atoms with Crippen LogP contribution in [0, 0.1) is 5.82 Å². The second-order valence-corrected chi connectivity index (χ2v) is 6.42. The van der Waals surface area contributed by atoms with Crippen LogP contribution in [0.4, 0.5) is 4.39 Å². The first-order chi connectivity index (χ1) is 14.5. The molecule has 0 fully saturated rings. The molecule has 30 heavy (non-hydrogen) atoms. The van der Waals surface area contributed by atoms with Crippen molar-refractivity contribution in [3.05, 3.63) is 76.5 Å². The van der Waals surface area contributed by atoms with Crippen molar-refractivity contribution in [2.45, 2.75) is 0 Å². The number of hydrogen-bond acceptors (Lipinski definition) is 6. The molecule has 4 rings (SSSR count). The van der Waals surface area contributed by atoms with Crippen LogP contribution in [-0.4, -0.2) is 43.4 Å². The summed E-state index contributed by atoms with van der Waals surface area (Å²) in [6, 6.07) is 12.4. The van der Waals surface area contributed by atoms with E-state index in [0.717, 1.165) is 0 Å². The molecule has 4 aromatic rings. The van der Waals surface area contributed by atoms with Gasteiger partial charge >= 0.3 is 0 Å². The lowest BCUT2D eigenvalue weighted by atomic mass is 10.2. The van der Waals surface area contributed by atoms with Crippen LogP contribution in [0.5, 0.6) is 5.88 Å². The van der Waals surface area contributed by atoms with Crippen molar-refractivity contribution in [3.63, 3.8) is 0 Å². The molecule has 9 nitrogen and oxygen atoms in total. The summed E-state index contributed by atoms with van der Waals surface area (Å²) in [5.41, 5.74) is 0.697. The zero-order valence-corrected chi connectivity index (χ0v) is 15.9. The molecule has 10 heteroatoms. The Labute approximate surface area is 169 Å². The molecule has 0 unspecified atom stereocenters. The fourth-order valence-corrected chi connectivity index (χ4v) is 2.84. The molecule has 1 N–H and O–H groups in total. The number of ether oxygens (including phenoxy) is 1. The van der Waals surface area contributed by atoms with Crippen LogP contribution in [-0.2, 0) is 7.05 Å². The van der Waals surface area contributed by atoms with Crippen molar-refractivity contribution in [1.29, 1.82) is 0 Å². The summed E-state index contributed by atoms with van der Waals surface area (Å²) in [4.78, 5) is 24.1. The van der Waals surface area contributed by atoms with Gasteiger partial charge in [-0.1, -0.05) is 12.1 Å². The lowest BCUT2D eigenvalue weighted by Gasteiger charge is -2.08. The number of carbonyl (C=O) groups is 1. The number of benzene rings is 1. The molecule has 0 radical (unpaired) electrons. The number of hydrogen-bond donors (Lipinski definition) is 1. The average Bonchev–Trinajstić information content (AvgIpc) is 3.16. The fourth-order valence-electron chi connectivity index (χ4n) is 2.84. The van der Waals surface area contributed by atoms with Crippen LogP contribution in [0.25, 0.3) is 17.0 Å². The number of pyridine rings is 1. The molecular formula is C20H17FN6O3. The fraction of sp³-hybridized carbons (Fsp3) is 0.150. The number of carbonyl (C=O) groups excluding carboxylic acids is 1. The summed E-state index contributed by atoms with van der Waals surface area (Å²) < 4.78 is 21.9. The van der Waals surface area contributed by atoms with E-state index in [4.69, 9.17) is 4.74 Å². The second-order valence-electron chi connectivity index (χ2n) is 6.42. The van der Waals surface area contributed by atoms with E-state index in [-0.39, 0.29) is 36.0 Å². The average molecular weight is 408 g/mol. The Kier molecular flexibility index (Phi) is 5.21. The SMILES string of the molecule is Cn1cccc(C(=O)NCCOc2ccc3nnc(-c4cccc(F)c4)n3n2)c1=O. The second kappa shape index (κ2) is 8.11. The highest BCUT2D eigenvalue weighted by Gasteiger charge is 2.12. The maximum atomic E-state index is 13.5. The molecule has 0 aliphatic heterocycles. The molecule has 0 atom stereocenters. The molecule has 1 aromatic carbocycles. The monoisotopic (exact) mass is 408 g/mol. The van der Waals surface area contributed by atoms with Gasteiger partial charge in [-0.2, -0.15) is 4.52 Å². The van der Waals surface area contributed by atoms with Gasteiger partial charge in [0.25, 0.3) is 11.5 Å². The molecule has 0 bridgehead atoms. The maximum Gasteiger partial charge on any atom is 0.263 e. The molecule has 1 amide bonds. The van der Waals surface area contributed by atoms with Crippen molar-refractivity contribution >= 4 is 11.6 Å². The minimum absolute atomic E-state index is 0.0590. The van der Waals surface area contributed by atoms with Gasteiger partial charge in [-0.15, -0.1) is 15.3 Å². The van der Waals surface area contributed by atoms with E-state index < -0.39 is 5.91 Å². The van der Waals surface area contributed by atoms with Gasteiger partial charge in [0, 0.05) is 24.9 Å². The van der Waals surface area contributed by atoms with Gasteiger partial charge in [0.2, 0.25) is 5.88 Å². The molecule has 0 aliphatic rings. The zero-order chi connectivity index (χ0) is 21.1. The summed E-state index contributed by atoms with van der Waals surface area (Å²) in [6.07, 6.45) is 1.58. The maximum absolute atomic E-state index is 13.5. The first kappa shape index (κ1) is 19.2. The number of amides is 1. The lowest BCUT2D eigenvalue weighted by molar-refractivity contribution is 0.0944. The van der Waals surface area contributed by atoms with Gasteiger partial charge in [0.05, 0.1) is 6.54 Å². The zero-order valence-electron chi connectivity index (χ0n) is 15.9. The highest BCUT2D eigenvalue weighted by atomic mass is 19.1. The van der Waals surface area contributed by atoms with E-state index in [1.54, 1.807) is 43.6 Å². The number of halogens is 1. The van der Waals surface area contributed by atoms with Crippen molar-refractivity contribution in [2.24, 2.45) is 7.05 Å². The topological polar surface area (TPSA) is 103 Å². The Morgan fingerprint density at radius 3 is 2.87 bits per heavy atom. The molecule has 0 saturated heterocycles. The minimum atomic E-state index is -0.476. The number of nitrogens with zero attached hydrogens (tertiary/aromatic N) is 5. The summed E-state index contributed by atoms with van der Waals surface area (Å²) in [7, 11) is 1.58. The standard InChI is InChI=1S/C20H17FN6O3/c1-26-10-3-6-15(20(26)29)19(28)22-9-11-30-17-8-7-16-23-24-18(27(16)25-17)13-4-2-5-14(21)12-13/h2-8,10,12H,9,11H2,1H3,(H,22,28). The van der Waals surface area contributed by atoms with Crippen LogP contribution in [0.2, 0.25) is 0 Å². The Morgan fingerprint density at radius 1 is 1.17 bits per heavy atom. The Hall–Kier alpha value is -4.08. The Balaban J connectivity index is 1.42. The molecule has 152 valence electrons. The van der Waals surface area contributed by atoms with E-state index in [9.17, 15) is 14.0 Å². The molecule has 3 heterocycles. The number of rotatable bonds is 6. The van der Waals surface area contributed by atoms with Crippen molar-refractivity contribution in [2.75, 3.05) is 13.2 Å². The van der Waals surface area contributed by atoms with Gasteiger partial charge in [-0.25, -0.2) is 4.39 Å². The van der Waals surface area contributed by atoms with Gasteiger partial charge < -0.3 is 14.6 Å². The van der Waals surface area contributed by atoms with Gasteiger partial charge in [-0.3, -0.25) is 9.59 Å². The number of aromatic nitrogens is 5. The first-order valence-corrected chi connectivity index (χ1v) is 9.08. The minimum Gasteiger partial charge on any atom is -0.475 e. The van der Waals surface area contributed by atoms with Gasteiger partial charge in [-0.05, 0) is 30.3 Å². The highest BCUT2D eigenvalue weighted by Crippen LogP contribution is 2.19. The summed E-state index contributed by atoms with van der Waals surface area (Å²) in [5.74, 6) is -0.205. The molecule has 0 aliphatic carbocycles. The van der Waals surface area contributed by atoms with Crippen molar-refractivity contribution < 1.29 is 13.9 Å². The summed E-state index contributed by atoms with van der Waals surface area (Å²) in [6.45, 7) is 0.310. The van der Waals surface area contributed by atoms with Gasteiger partial charge in [0.15, 0.2) is 11.5 Å². The predicted molar refractivity (Wildman–Crippen MR) is 106 cm³/mol. The van der Waals surface area contributed by atoms with Crippen LogP contribution < -0.4 is 15.6 Å². The molecule has 0 spiro atoms. The van der Waals surface area contributed by atoms with E-state index in [1.807, 2.05) is 0 Å². The normalized spacial score (nSPS) is 10.9. The number of fused-ring (bicyclic) bond motifs is 1. The predicted octanol–water partition coefficient (Wildman–Crippen LogP) is 1.44. The van der Waals surface area contributed by atoms with E-state index in [0.29, 0.717) is 17.0 Å². The summed E-state index contributed by atoms with van der Waals surface area (Å²) >= 11 is 0. The molecular weight excluding hydrogens is 391 g/mol. The third kappa shape index (κ3) is 3.88. The third-order valence-electron chi connectivity index (χ3n) is 4.33. The van der Waals surface area contributed by atoms with Crippen LogP contribution in [0.15, 0.2) is 59.5 Å². The van der Waals surface area contributed by atoms with Crippen LogP contribution in [0.3, 0.4) is 0 Å². The van der Waals surface area contributed by atoms with Crippen molar-refractivity contribution in [3.8, 4) is 17.3 Å². The molecule has 3 aromatic heterocycles. The van der Waals surface area contributed by atoms with Gasteiger partial charge in [0.1, 0.15) is 18.0 Å². The lowest BCUT2D eigenvalue weighted by Crippen LogP contribution is -2.34. The van der Waals surface area contributed by atoms with E-state index in [1.165, 1.54) is 27.3 Å². The summed E-state index contributed by atoms with van der Waals surface area (Å²) in [5, 5.41) is 15.0. The highest BCUT2D eigenvalue weighted by molar-refractivity contribution is 5.93. The quantitative estimate of drug-likeness (QED) is 0.484. The smallest absolute Gasteiger partial charge is 0.263 e. The first-order valence-electron chi connectivity index (χ1n) is 9.08. The van der Waals surface area contributed by atoms with Crippen LogP contribution >= 0.6 is 0 Å². The number of nitrogens with one attached hydrogen (secondary N) is 1.